The molecule has 1 rings (SSSR count). The van der Waals surface area contributed by atoms with Gasteiger partial charge in [0.2, 0.25) is 0 Å². The molecule has 0 N–H and O–H groups in total. The van der Waals surface area contributed by atoms with Crippen molar-refractivity contribution in [2.45, 2.75) is 122 Å². The zero-order valence-electron chi connectivity index (χ0n) is 20.3. The molecule has 27 heavy (non-hydrogen) atoms. The molecule has 0 aromatic carbocycles. The molecule has 0 heterocycles. The smallest absolute Gasteiger partial charge is 0.0274 e. The summed E-state index contributed by atoms with van der Waals surface area (Å²) in [7, 11) is 0. The summed E-state index contributed by atoms with van der Waals surface area (Å²) >= 11 is 0. The SMILES string of the molecule is C.C/C(=C/CC(C)C)CC(C)(C)C.C=CCC.CC1CCC(C)(C(C)C)C1. The van der Waals surface area contributed by atoms with Gasteiger partial charge in [0.25, 0.3) is 0 Å². The maximum Gasteiger partial charge on any atom is -0.0274 e. The van der Waals surface area contributed by atoms with E-state index >= 15 is 0 Å². The largest absolute Gasteiger partial charge is 0.103 e. The highest BCUT2D eigenvalue weighted by atomic mass is 14.4. The molecule has 164 valence electrons. The Kier molecular flexibility index (Phi) is 17.8. The first-order valence-electron chi connectivity index (χ1n) is 11.0. The van der Waals surface area contributed by atoms with Gasteiger partial charge in [0.1, 0.15) is 0 Å². The van der Waals surface area contributed by atoms with Crippen LogP contribution in [-0.4, -0.2) is 0 Å². The van der Waals surface area contributed by atoms with Crippen LogP contribution in [0.5, 0.6) is 0 Å². The second kappa shape index (κ2) is 15.4. The fourth-order valence-electron chi connectivity index (χ4n) is 3.45. The Morgan fingerprint density at radius 3 is 1.89 bits per heavy atom. The number of allylic oxidation sites excluding steroid dienone is 3. The van der Waals surface area contributed by atoms with Crippen molar-refractivity contribution in [3.63, 3.8) is 0 Å². The Morgan fingerprint density at radius 2 is 1.67 bits per heavy atom. The van der Waals surface area contributed by atoms with Crippen LogP contribution in [0.25, 0.3) is 0 Å². The lowest BCUT2D eigenvalue weighted by Crippen LogP contribution is -2.19. The Hall–Kier alpha value is -0.520. The van der Waals surface area contributed by atoms with Crippen LogP contribution in [0.4, 0.5) is 0 Å². The van der Waals surface area contributed by atoms with E-state index in [0.717, 1.165) is 24.2 Å². The molecule has 0 saturated heterocycles. The third kappa shape index (κ3) is 18.6. The van der Waals surface area contributed by atoms with Crippen LogP contribution in [0.2, 0.25) is 0 Å². The van der Waals surface area contributed by atoms with E-state index in [1.54, 1.807) is 0 Å². The van der Waals surface area contributed by atoms with Crippen molar-refractivity contribution in [1.29, 1.82) is 0 Å². The highest BCUT2D eigenvalue weighted by Gasteiger charge is 2.35. The molecule has 2 atom stereocenters. The van der Waals surface area contributed by atoms with E-state index in [1.165, 1.54) is 37.7 Å². The molecule has 0 bridgehead atoms. The minimum Gasteiger partial charge on any atom is -0.103 e. The van der Waals surface area contributed by atoms with Crippen molar-refractivity contribution in [3.8, 4) is 0 Å². The van der Waals surface area contributed by atoms with Crippen LogP contribution in [0, 0.1) is 28.6 Å². The van der Waals surface area contributed by atoms with Gasteiger partial charge >= 0.3 is 0 Å². The molecule has 0 aliphatic heterocycles. The lowest BCUT2D eigenvalue weighted by atomic mass is 9.77. The maximum absolute atomic E-state index is 3.48. The molecule has 1 saturated carbocycles. The van der Waals surface area contributed by atoms with Gasteiger partial charge in [-0.3, -0.25) is 0 Å². The quantitative estimate of drug-likeness (QED) is 0.416. The molecular weight excluding hydrogens is 324 g/mol. The van der Waals surface area contributed by atoms with E-state index in [1.807, 2.05) is 6.08 Å². The molecule has 0 aromatic heterocycles. The number of hydrogen-bond donors (Lipinski definition) is 0. The maximum atomic E-state index is 3.48. The van der Waals surface area contributed by atoms with Gasteiger partial charge in [0, 0.05) is 0 Å². The van der Waals surface area contributed by atoms with Crippen LogP contribution < -0.4 is 0 Å². The van der Waals surface area contributed by atoms with Crippen molar-refractivity contribution in [1.82, 2.24) is 0 Å². The highest BCUT2D eigenvalue weighted by molar-refractivity contribution is 5.00. The molecule has 0 spiro atoms. The van der Waals surface area contributed by atoms with Crippen molar-refractivity contribution < 1.29 is 0 Å². The number of rotatable bonds is 5. The molecule has 0 nitrogen and oxygen atoms in total. The van der Waals surface area contributed by atoms with Gasteiger partial charge in [-0.2, -0.15) is 0 Å². The van der Waals surface area contributed by atoms with Crippen molar-refractivity contribution in [2.75, 3.05) is 0 Å². The summed E-state index contributed by atoms with van der Waals surface area (Å²) in [6.45, 7) is 28.7. The van der Waals surface area contributed by atoms with Gasteiger partial charge in [-0.1, -0.05) is 101 Å². The topological polar surface area (TPSA) is 0 Å². The molecule has 0 aromatic rings. The summed E-state index contributed by atoms with van der Waals surface area (Å²) in [5, 5.41) is 0. The van der Waals surface area contributed by atoms with E-state index < -0.39 is 0 Å². The zero-order valence-corrected chi connectivity index (χ0v) is 20.3. The summed E-state index contributed by atoms with van der Waals surface area (Å²) in [6.07, 6.45) is 12.1. The van der Waals surface area contributed by atoms with E-state index in [9.17, 15) is 0 Å². The molecule has 1 aliphatic carbocycles. The van der Waals surface area contributed by atoms with E-state index in [2.05, 4.69) is 88.8 Å². The molecule has 2 unspecified atom stereocenters. The predicted molar refractivity (Wildman–Crippen MR) is 130 cm³/mol. The van der Waals surface area contributed by atoms with Crippen LogP contribution in [0.1, 0.15) is 122 Å². The Bertz CT molecular complexity index is 377. The summed E-state index contributed by atoms with van der Waals surface area (Å²) in [5.74, 6) is 2.64. The van der Waals surface area contributed by atoms with Gasteiger partial charge in [-0.05, 0) is 67.6 Å². The van der Waals surface area contributed by atoms with Crippen molar-refractivity contribution in [3.05, 3.63) is 24.3 Å². The first kappa shape index (κ1) is 31.2. The molecular formula is C27H56. The molecule has 1 aliphatic rings. The Labute approximate surface area is 175 Å². The average molecular weight is 381 g/mol. The minimum atomic E-state index is 0. The molecule has 0 heteroatoms. The van der Waals surface area contributed by atoms with E-state index in [0.29, 0.717) is 10.8 Å². The average Bonchev–Trinajstić information content (AvgIpc) is 2.85. The second-order valence-corrected chi connectivity index (χ2v) is 10.8. The van der Waals surface area contributed by atoms with Crippen LogP contribution in [0.3, 0.4) is 0 Å². The van der Waals surface area contributed by atoms with Crippen molar-refractivity contribution >= 4 is 0 Å². The molecule has 1 fully saturated rings. The van der Waals surface area contributed by atoms with E-state index in [-0.39, 0.29) is 7.43 Å². The summed E-state index contributed by atoms with van der Waals surface area (Å²) in [6, 6.07) is 0. The first-order valence-corrected chi connectivity index (χ1v) is 11.0. The fraction of sp³-hybridized carbons (Fsp3) is 0.852. The van der Waals surface area contributed by atoms with Crippen LogP contribution >= 0.6 is 0 Å². The first-order chi connectivity index (χ1) is 11.8. The number of hydrogen-bond acceptors (Lipinski definition) is 0. The lowest BCUT2D eigenvalue weighted by molar-refractivity contribution is 0.220. The minimum absolute atomic E-state index is 0. The molecule has 0 amide bonds. The highest BCUT2D eigenvalue weighted by Crippen LogP contribution is 2.46. The predicted octanol–water partition coefficient (Wildman–Crippen LogP) is 10.1. The third-order valence-corrected chi connectivity index (χ3v) is 5.45. The third-order valence-electron chi connectivity index (χ3n) is 5.45. The normalized spacial score (nSPS) is 22.4. The lowest BCUT2D eigenvalue weighted by Gasteiger charge is -2.28. The summed E-state index contributed by atoms with van der Waals surface area (Å²) in [5.41, 5.74) is 2.65. The van der Waals surface area contributed by atoms with Crippen molar-refractivity contribution in [2.24, 2.45) is 28.6 Å². The standard InChI is InChI=1S/C12H24.C10H20.C4H8.CH4/c1-10(2)7-8-11(3)9-12(4,5)6;1-8(2)10(4)6-5-9(3)7-10;1-3-4-2;/h8,10H,7,9H2,1-6H3;8-9H,5-7H2,1-4H3;3H,1,4H2,2H3;1H4/b11-8-;;;. The Balaban J connectivity index is -0.000000348. The second-order valence-electron chi connectivity index (χ2n) is 10.8. The molecule has 0 radical (unpaired) electrons. The fourth-order valence-corrected chi connectivity index (χ4v) is 3.45. The zero-order chi connectivity index (χ0) is 21.0. The monoisotopic (exact) mass is 380 g/mol. The van der Waals surface area contributed by atoms with Gasteiger partial charge < -0.3 is 0 Å². The van der Waals surface area contributed by atoms with Gasteiger partial charge in [0.05, 0.1) is 0 Å². The van der Waals surface area contributed by atoms with Crippen LogP contribution in [-0.2, 0) is 0 Å². The van der Waals surface area contributed by atoms with E-state index in [4.69, 9.17) is 0 Å². The summed E-state index contributed by atoms with van der Waals surface area (Å²) in [4.78, 5) is 0. The Morgan fingerprint density at radius 1 is 1.19 bits per heavy atom. The van der Waals surface area contributed by atoms with Gasteiger partial charge in [-0.15, -0.1) is 6.58 Å². The van der Waals surface area contributed by atoms with Gasteiger partial charge in [-0.25, -0.2) is 0 Å². The summed E-state index contributed by atoms with van der Waals surface area (Å²) < 4.78 is 0. The van der Waals surface area contributed by atoms with Gasteiger partial charge in [0.15, 0.2) is 0 Å². The van der Waals surface area contributed by atoms with Crippen LogP contribution in [0.15, 0.2) is 24.3 Å².